The molecule has 102 valence electrons. The van der Waals surface area contributed by atoms with Gasteiger partial charge in [-0.25, -0.2) is 0 Å². The van der Waals surface area contributed by atoms with Gasteiger partial charge in [0.15, 0.2) is 0 Å². The first-order valence-electron chi connectivity index (χ1n) is 5.84. The van der Waals surface area contributed by atoms with Gasteiger partial charge in [-0.1, -0.05) is 18.2 Å². The summed E-state index contributed by atoms with van der Waals surface area (Å²) in [6, 6.07) is 6.13. The smallest absolute Gasteiger partial charge is 0.387 e. The Morgan fingerprint density at radius 1 is 1.37 bits per heavy atom. The van der Waals surface area contributed by atoms with Crippen LogP contribution < -0.4 is 10.5 Å². The van der Waals surface area contributed by atoms with Gasteiger partial charge in [-0.15, -0.1) is 0 Å². The molecule has 0 aliphatic heterocycles. The minimum atomic E-state index is -2.95. The van der Waals surface area contributed by atoms with Gasteiger partial charge in [0.1, 0.15) is 11.5 Å². The maximum absolute atomic E-state index is 12.3. The lowest BCUT2D eigenvalue weighted by Crippen LogP contribution is -2.20. The molecule has 0 bridgehead atoms. The van der Waals surface area contributed by atoms with Crippen LogP contribution in [0.4, 0.5) is 8.78 Å². The zero-order valence-electron chi connectivity index (χ0n) is 10.0. The fourth-order valence-electron chi connectivity index (χ4n) is 2.37. The van der Waals surface area contributed by atoms with Crippen LogP contribution in [0.3, 0.4) is 0 Å². The Bertz CT molecular complexity index is 504. The van der Waals surface area contributed by atoms with E-state index in [9.17, 15) is 18.4 Å². The highest BCUT2D eigenvalue weighted by Gasteiger charge is 2.37. The van der Waals surface area contributed by atoms with Crippen molar-refractivity contribution in [2.45, 2.75) is 25.4 Å². The van der Waals surface area contributed by atoms with E-state index in [0.717, 1.165) is 0 Å². The lowest BCUT2D eigenvalue weighted by molar-refractivity contribution is -0.124. The summed E-state index contributed by atoms with van der Waals surface area (Å²) in [5, 5.41) is 0. The Balaban J connectivity index is 2.27. The third kappa shape index (κ3) is 2.89. The standard InChI is InChI=1S/C13H13F2NO3/c14-13(15)19-11-4-2-1-3-8(11)9-5-7(12(16)18)6-10(9)17/h1-4,7,9,13H,5-6H2,(H2,16,18). The molecule has 1 fully saturated rings. The number of hydrogen-bond donors (Lipinski definition) is 1. The average molecular weight is 269 g/mol. The van der Waals surface area contributed by atoms with E-state index in [2.05, 4.69) is 4.74 Å². The molecular formula is C13H13F2NO3. The molecular weight excluding hydrogens is 256 g/mol. The average Bonchev–Trinajstić information content (AvgIpc) is 2.71. The third-order valence-electron chi connectivity index (χ3n) is 3.27. The number of ether oxygens (including phenoxy) is 1. The van der Waals surface area contributed by atoms with E-state index in [1.807, 2.05) is 0 Å². The number of primary amides is 1. The monoisotopic (exact) mass is 269 g/mol. The van der Waals surface area contributed by atoms with Gasteiger partial charge >= 0.3 is 6.61 Å². The molecule has 0 aromatic heterocycles. The van der Waals surface area contributed by atoms with E-state index < -0.39 is 24.4 Å². The molecule has 2 N–H and O–H groups in total. The summed E-state index contributed by atoms with van der Waals surface area (Å²) in [5.74, 6) is -1.87. The molecule has 19 heavy (non-hydrogen) atoms. The molecule has 0 saturated heterocycles. The third-order valence-corrected chi connectivity index (χ3v) is 3.27. The minimum absolute atomic E-state index is 0.0269. The molecule has 0 heterocycles. The van der Waals surface area contributed by atoms with Gasteiger partial charge in [-0.05, 0) is 12.5 Å². The van der Waals surface area contributed by atoms with Crippen LogP contribution in [0.1, 0.15) is 24.3 Å². The van der Waals surface area contributed by atoms with Gasteiger partial charge in [0.25, 0.3) is 0 Å². The number of Topliss-reactive ketones (excluding diaryl/α,β-unsaturated/α-hetero) is 1. The maximum atomic E-state index is 12.3. The van der Waals surface area contributed by atoms with Crippen molar-refractivity contribution >= 4 is 11.7 Å². The molecule has 0 spiro atoms. The molecule has 2 atom stereocenters. The summed E-state index contributed by atoms with van der Waals surface area (Å²) in [6.07, 6.45) is 0.306. The van der Waals surface area contributed by atoms with Crippen molar-refractivity contribution in [3.63, 3.8) is 0 Å². The summed E-state index contributed by atoms with van der Waals surface area (Å²) >= 11 is 0. The van der Waals surface area contributed by atoms with Crippen molar-refractivity contribution in [1.29, 1.82) is 0 Å². The quantitative estimate of drug-likeness (QED) is 0.906. The highest BCUT2D eigenvalue weighted by molar-refractivity contribution is 5.94. The lowest BCUT2D eigenvalue weighted by Gasteiger charge is -2.14. The fourth-order valence-corrected chi connectivity index (χ4v) is 2.37. The number of nitrogens with two attached hydrogens (primary N) is 1. The second-order valence-corrected chi connectivity index (χ2v) is 4.47. The van der Waals surface area contributed by atoms with Crippen molar-refractivity contribution in [2.24, 2.45) is 11.7 Å². The number of amides is 1. The second kappa shape index (κ2) is 5.34. The summed E-state index contributed by atoms with van der Waals surface area (Å²) in [5.41, 5.74) is 5.56. The number of carbonyl (C=O) groups excluding carboxylic acids is 2. The van der Waals surface area contributed by atoms with Gasteiger partial charge in [-0.3, -0.25) is 9.59 Å². The van der Waals surface area contributed by atoms with Crippen LogP contribution in [-0.4, -0.2) is 18.3 Å². The Morgan fingerprint density at radius 2 is 2.05 bits per heavy atom. The van der Waals surface area contributed by atoms with Crippen LogP contribution in [0, 0.1) is 5.92 Å². The highest BCUT2D eigenvalue weighted by atomic mass is 19.3. The number of alkyl halides is 2. The molecule has 1 aromatic carbocycles. The highest BCUT2D eigenvalue weighted by Crippen LogP contribution is 2.39. The molecule has 2 unspecified atom stereocenters. The Kier molecular flexibility index (Phi) is 3.78. The van der Waals surface area contributed by atoms with Gasteiger partial charge in [-0.2, -0.15) is 8.78 Å². The molecule has 6 heteroatoms. The van der Waals surface area contributed by atoms with E-state index in [1.54, 1.807) is 18.2 Å². The van der Waals surface area contributed by atoms with Crippen molar-refractivity contribution < 1.29 is 23.1 Å². The topological polar surface area (TPSA) is 69.4 Å². The van der Waals surface area contributed by atoms with Crippen molar-refractivity contribution in [3.05, 3.63) is 29.8 Å². The number of benzene rings is 1. The van der Waals surface area contributed by atoms with Gasteiger partial charge in [0, 0.05) is 23.8 Å². The molecule has 1 aromatic rings. The van der Waals surface area contributed by atoms with Crippen LogP contribution in [0.25, 0.3) is 0 Å². The van der Waals surface area contributed by atoms with E-state index in [1.165, 1.54) is 6.07 Å². The second-order valence-electron chi connectivity index (χ2n) is 4.47. The normalized spacial score (nSPS) is 22.8. The van der Waals surface area contributed by atoms with Gasteiger partial charge in [0.2, 0.25) is 5.91 Å². The molecule has 4 nitrogen and oxygen atoms in total. The summed E-state index contributed by atoms with van der Waals surface area (Å²) in [6.45, 7) is -2.95. The van der Waals surface area contributed by atoms with Gasteiger partial charge < -0.3 is 10.5 Å². The number of rotatable bonds is 4. The first-order chi connectivity index (χ1) is 8.99. The van der Waals surface area contributed by atoms with Crippen LogP contribution in [0.2, 0.25) is 0 Å². The molecule has 1 aliphatic carbocycles. The predicted octanol–water partition coefficient (Wildman–Crippen LogP) is 1.84. The first kappa shape index (κ1) is 13.5. The largest absolute Gasteiger partial charge is 0.435 e. The first-order valence-corrected chi connectivity index (χ1v) is 5.84. The van der Waals surface area contributed by atoms with Crippen LogP contribution >= 0.6 is 0 Å². The molecule has 2 rings (SSSR count). The fraction of sp³-hybridized carbons (Fsp3) is 0.385. The van der Waals surface area contributed by atoms with Crippen LogP contribution in [0.5, 0.6) is 5.75 Å². The Hall–Kier alpha value is -1.98. The summed E-state index contributed by atoms with van der Waals surface area (Å²) in [4.78, 5) is 23.0. The maximum Gasteiger partial charge on any atom is 0.387 e. The zero-order chi connectivity index (χ0) is 14.0. The molecule has 0 radical (unpaired) electrons. The van der Waals surface area contributed by atoms with Crippen LogP contribution in [-0.2, 0) is 9.59 Å². The number of hydrogen-bond acceptors (Lipinski definition) is 3. The molecule has 1 saturated carbocycles. The summed E-state index contributed by atoms with van der Waals surface area (Å²) in [7, 11) is 0. The van der Waals surface area contributed by atoms with E-state index in [0.29, 0.717) is 5.56 Å². The molecule has 1 amide bonds. The number of para-hydroxylation sites is 1. The van der Waals surface area contributed by atoms with Crippen LogP contribution in [0.15, 0.2) is 24.3 Å². The Labute approximate surface area is 108 Å². The Morgan fingerprint density at radius 3 is 2.63 bits per heavy atom. The number of halogens is 2. The lowest BCUT2D eigenvalue weighted by atomic mass is 9.94. The number of carbonyl (C=O) groups is 2. The van der Waals surface area contributed by atoms with Gasteiger partial charge in [0.05, 0.1) is 0 Å². The van der Waals surface area contributed by atoms with E-state index >= 15 is 0 Å². The van der Waals surface area contributed by atoms with Crippen molar-refractivity contribution in [1.82, 2.24) is 0 Å². The molecule has 1 aliphatic rings. The number of ketones is 1. The van der Waals surface area contributed by atoms with E-state index in [4.69, 9.17) is 5.73 Å². The van der Waals surface area contributed by atoms with E-state index in [-0.39, 0.29) is 24.4 Å². The van der Waals surface area contributed by atoms with Crippen molar-refractivity contribution in [3.8, 4) is 5.75 Å². The summed E-state index contributed by atoms with van der Waals surface area (Å²) < 4.78 is 29.0. The SMILES string of the molecule is NC(=O)C1CC(=O)C(c2ccccc2OC(F)F)C1. The minimum Gasteiger partial charge on any atom is -0.435 e. The zero-order valence-corrected chi connectivity index (χ0v) is 10.0. The van der Waals surface area contributed by atoms with Crippen molar-refractivity contribution in [2.75, 3.05) is 0 Å². The predicted molar refractivity (Wildman–Crippen MR) is 62.7 cm³/mol.